The topological polar surface area (TPSA) is 55.5 Å². The lowest BCUT2D eigenvalue weighted by Gasteiger charge is -2.01. The molecule has 2 aromatic rings. The fourth-order valence-corrected chi connectivity index (χ4v) is 2.11. The van der Waals surface area contributed by atoms with Crippen LogP contribution in [-0.4, -0.2) is 12.2 Å². The molecule has 3 nitrogen and oxygen atoms in total. The Balaban J connectivity index is 2.75. The van der Waals surface area contributed by atoms with Crippen molar-refractivity contribution in [3.63, 3.8) is 0 Å². The predicted molar refractivity (Wildman–Crippen MR) is 54.5 cm³/mol. The zero-order chi connectivity index (χ0) is 9.42. The molecule has 3 N–H and O–H groups in total. The number of ether oxygens (including phenoxy) is 1. The van der Waals surface area contributed by atoms with E-state index >= 15 is 0 Å². The molecule has 0 radical (unpaired) electrons. The van der Waals surface area contributed by atoms with Gasteiger partial charge in [-0.3, -0.25) is 0 Å². The lowest BCUT2D eigenvalue weighted by molar-refractivity contribution is 0.415. The molecule has 0 bridgehead atoms. The van der Waals surface area contributed by atoms with Crippen LogP contribution in [0.3, 0.4) is 0 Å². The van der Waals surface area contributed by atoms with E-state index in [1.165, 1.54) is 11.3 Å². The summed E-state index contributed by atoms with van der Waals surface area (Å²) < 4.78 is 6.00. The molecule has 0 amide bonds. The Morgan fingerprint density at radius 2 is 2.15 bits per heavy atom. The summed E-state index contributed by atoms with van der Waals surface area (Å²) in [5.41, 5.74) is 6.39. The van der Waals surface area contributed by atoms with Crippen molar-refractivity contribution in [3.8, 4) is 10.8 Å². The summed E-state index contributed by atoms with van der Waals surface area (Å²) >= 11 is 1.29. The first-order valence-corrected chi connectivity index (χ1v) is 4.58. The Morgan fingerprint density at radius 3 is 2.85 bits per heavy atom. The van der Waals surface area contributed by atoms with Gasteiger partial charge in [0, 0.05) is 27.9 Å². The number of aromatic hydroxyl groups is 1. The summed E-state index contributed by atoms with van der Waals surface area (Å²) in [5, 5.41) is 10.4. The van der Waals surface area contributed by atoms with Gasteiger partial charge in [0.2, 0.25) is 0 Å². The van der Waals surface area contributed by atoms with Crippen LogP contribution >= 0.6 is 11.3 Å². The third-order valence-corrected chi connectivity index (χ3v) is 2.75. The maximum atomic E-state index is 9.27. The van der Waals surface area contributed by atoms with E-state index in [4.69, 9.17) is 10.5 Å². The fraction of sp³-hybridized carbons (Fsp3) is 0.111. The second kappa shape index (κ2) is 2.81. The number of hydrogen-bond donors (Lipinski definition) is 2. The van der Waals surface area contributed by atoms with Crippen molar-refractivity contribution in [1.82, 2.24) is 0 Å². The molecule has 1 aromatic carbocycles. The zero-order valence-corrected chi connectivity index (χ0v) is 7.89. The minimum absolute atomic E-state index is 0.273. The van der Waals surface area contributed by atoms with Crippen LogP contribution in [0.4, 0.5) is 5.69 Å². The van der Waals surface area contributed by atoms with E-state index in [-0.39, 0.29) is 5.06 Å². The number of methoxy groups -OCH3 is 1. The molecule has 0 spiro atoms. The smallest absolute Gasteiger partial charge is 0.172 e. The maximum absolute atomic E-state index is 9.27. The lowest BCUT2D eigenvalue weighted by atomic mass is 10.2. The number of nitrogens with two attached hydrogens (primary N) is 1. The Kier molecular flexibility index (Phi) is 1.77. The summed E-state index contributed by atoms with van der Waals surface area (Å²) in [6, 6.07) is 5.26. The van der Waals surface area contributed by atoms with Crippen molar-refractivity contribution in [2.75, 3.05) is 12.8 Å². The van der Waals surface area contributed by atoms with Crippen molar-refractivity contribution in [2.45, 2.75) is 0 Å². The van der Waals surface area contributed by atoms with Gasteiger partial charge in [-0.1, -0.05) is 11.3 Å². The van der Waals surface area contributed by atoms with Gasteiger partial charge in [0.05, 0.1) is 7.11 Å². The average molecular weight is 195 g/mol. The fourth-order valence-electron chi connectivity index (χ4n) is 1.24. The van der Waals surface area contributed by atoms with E-state index in [1.54, 1.807) is 19.2 Å². The average Bonchev–Trinajstić information content (AvgIpc) is 2.46. The van der Waals surface area contributed by atoms with Gasteiger partial charge in [-0.2, -0.15) is 0 Å². The molecular formula is C9H9NO2S. The number of rotatable bonds is 1. The largest absolute Gasteiger partial charge is 0.499 e. The number of benzene rings is 1. The quantitative estimate of drug-likeness (QED) is 0.686. The van der Waals surface area contributed by atoms with E-state index in [0.717, 1.165) is 10.1 Å². The highest BCUT2D eigenvalue weighted by atomic mass is 32.1. The highest BCUT2D eigenvalue weighted by molar-refractivity contribution is 7.20. The molecule has 4 heteroatoms. The normalized spacial score (nSPS) is 10.5. The van der Waals surface area contributed by atoms with Gasteiger partial charge < -0.3 is 15.6 Å². The van der Waals surface area contributed by atoms with E-state index in [1.807, 2.05) is 6.07 Å². The van der Waals surface area contributed by atoms with Crippen LogP contribution in [-0.2, 0) is 0 Å². The number of hydrogen-bond acceptors (Lipinski definition) is 4. The molecule has 0 aliphatic heterocycles. The van der Waals surface area contributed by atoms with Gasteiger partial charge >= 0.3 is 0 Å². The summed E-state index contributed by atoms with van der Waals surface area (Å²) in [6.07, 6.45) is 0. The van der Waals surface area contributed by atoms with Crippen LogP contribution in [0.15, 0.2) is 18.2 Å². The Bertz CT molecular complexity index is 450. The highest BCUT2D eigenvalue weighted by Crippen LogP contribution is 2.36. The van der Waals surface area contributed by atoms with E-state index in [0.29, 0.717) is 11.4 Å². The van der Waals surface area contributed by atoms with Gasteiger partial charge in [-0.15, -0.1) is 0 Å². The second-order valence-corrected chi connectivity index (χ2v) is 3.78. The molecule has 68 valence electrons. The summed E-state index contributed by atoms with van der Waals surface area (Å²) in [5.74, 6) is 0.715. The van der Waals surface area contributed by atoms with Crippen molar-refractivity contribution >= 4 is 27.1 Å². The molecule has 0 saturated heterocycles. The van der Waals surface area contributed by atoms with Crippen molar-refractivity contribution in [2.24, 2.45) is 0 Å². The molecule has 0 aliphatic rings. The van der Waals surface area contributed by atoms with E-state index in [9.17, 15) is 5.11 Å². The molecular weight excluding hydrogens is 186 g/mol. The summed E-state index contributed by atoms with van der Waals surface area (Å²) in [6.45, 7) is 0. The SMILES string of the molecule is COc1cc(N)c2cc(O)sc2c1. The molecule has 2 rings (SSSR count). The molecule has 0 atom stereocenters. The van der Waals surface area contributed by atoms with Crippen LogP contribution in [0.1, 0.15) is 0 Å². The second-order valence-electron chi connectivity index (χ2n) is 2.71. The highest BCUT2D eigenvalue weighted by Gasteiger charge is 2.05. The molecule has 0 fully saturated rings. The van der Waals surface area contributed by atoms with Gasteiger partial charge in [0.15, 0.2) is 5.06 Å². The van der Waals surface area contributed by atoms with Crippen LogP contribution in [0.25, 0.3) is 10.1 Å². The summed E-state index contributed by atoms with van der Waals surface area (Å²) in [4.78, 5) is 0. The lowest BCUT2D eigenvalue weighted by Crippen LogP contribution is -1.87. The molecule has 0 unspecified atom stereocenters. The molecule has 0 saturated carbocycles. The minimum Gasteiger partial charge on any atom is -0.499 e. The van der Waals surface area contributed by atoms with Crippen LogP contribution in [0.2, 0.25) is 0 Å². The third-order valence-electron chi connectivity index (χ3n) is 1.87. The number of nitrogen functional groups attached to an aromatic ring is 1. The number of thiophene rings is 1. The Labute approximate surface area is 79.4 Å². The van der Waals surface area contributed by atoms with Crippen LogP contribution in [0.5, 0.6) is 10.8 Å². The molecule has 0 aliphatic carbocycles. The Morgan fingerprint density at radius 1 is 1.38 bits per heavy atom. The first-order chi connectivity index (χ1) is 6.20. The zero-order valence-electron chi connectivity index (χ0n) is 7.07. The maximum Gasteiger partial charge on any atom is 0.172 e. The monoisotopic (exact) mass is 195 g/mol. The molecule has 13 heavy (non-hydrogen) atoms. The van der Waals surface area contributed by atoms with Crippen molar-refractivity contribution in [1.29, 1.82) is 0 Å². The number of fused-ring (bicyclic) bond motifs is 1. The molecule has 1 aromatic heterocycles. The minimum atomic E-state index is 0.273. The standard InChI is InChI=1S/C9H9NO2S/c1-12-5-2-7(10)6-4-9(11)13-8(6)3-5/h2-4,11H,10H2,1H3. The van der Waals surface area contributed by atoms with Crippen LogP contribution in [0, 0.1) is 0 Å². The van der Waals surface area contributed by atoms with Gasteiger partial charge in [-0.25, -0.2) is 0 Å². The Hall–Kier alpha value is -1.42. The van der Waals surface area contributed by atoms with Gasteiger partial charge in [0.1, 0.15) is 5.75 Å². The van der Waals surface area contributed by atoms with Crippen LogP contribution < -0.4 is 10.5 Å². The van der Waals surface area contributed by atoms with Gasteiger partial charge in [0.25, 0.3) is 0 Å². The van der Waals surface area contributed by atoms with E-state index < -0.39 is 0 Å². The van der Waals surface area contributed by atoms with Crippen molar-refractivity contribution < 1.29 is 9.84 Å². The summed E-state index contributed by atoms with van der Waals surface area (Å²) in [7, 11) is 1.59. The first-order valence-electron chi connectivity index (χ1n) is 3.76. The first kappa shape index (κ1) is 8.19. The third kappa shape index (κ3) is 1.29. The predicted octanol–water partition coefficient (Wildman–Crippen LogP) is 2.20. The number of anilines is 1. The molecule has 1 heterocycles. The van der Waals surface area contributed by atoms with Crippen molar-refractivity contribution in [3.05, 3.63) is 18.2 Å². The van der Waals surface area contributed by atoms with Gasteiger partial charge in [-0.05, 0) is 6.07 Å². The van der Waals surface area contributed by atoms with E-state index in [2.05, 4.69) is 0 Å².